The molecule has 0 aromatic heterocycles. The van der Waals surface area contributed by atoms with Crippen LogP contribution in [0.15, 0.2) is 0 Å². The van der Waals surface area contributed by atoms with Crippen LogP contribution in [0.25, 0.3) is 0 Å². The van der Waals surface area contributed by atoms with Crippen LogP contribution in [0, 0.1) is 0 Å². The zero-order valence-corrected chi connectivity index (χ0v) is 10.6. The van der Waals surface area contributed by atoms with E-state index in [4.69, 9.17) is 5.11 Å². The second-order valence-corrected chi connectivity index (χ2v) is 5.42. The highest BCUT2D eigenvalue weighted by atomic mass is 32.2. The van der Waals surface area contributed by atoms with Gasteiger partial charge >= 0.3 is 12.0 Å². The predicted molar refractivity (Wildman–Crippen MR) is 65.2 cm³/mol. The van der Waals surface area contributed by atoms with Gasteiger partial charge in [-0.1, -0.05) is 0 Å². The number of nitrogens with one attached hydrogen (secondary N) is 1. The maximum Gasteiger partial charge on any atom is 0.337 e. The zero-order valence-electron chi connectivity index (χ0n) is 9.81. The quantitative estimate of drug-likeness (QED) is 0.664. The molecule has 17 heavy (non-hydrogen) atoms. The number of carbonyl (C=O) groups is 2. The van der Waals surface area contributed by atoms with Crippen LogP contribution in [0.3, 0.4) is 0 Å². The number of nitrogens with zero attached hydrogens (tertiary/aromatic N) is 1. The van der Waals surface area contributed by atoms with Crippen molar-refractivity contribution < 1.29 is 19.8 Å². The van der Waals surface area contributed by atoms with Gasteiger partial charge in [-0.2, -0.15) is 11.8 Å². The summed E-state index contributed by atoms with van der Waals surface area (Å²) >= 11 is 1.80. The van der Waals surface area contributed by atoms with Gasteiger partial charge in [-0.3, -0.25) is 0 Å². The van der Waals surface area contributed by atoms with Crippen molar-refractivity contribution in [1.29, 1.82) is 0 Å². The van der Waals surface area contributed by atoms with E-state index in [1.807, 2.05) is 0 Å². The average Bonchev–Trinajstić information content (AvgIpc) is 2.54. The molecule has 0 aliphatic carbocycles. The largest absolute Gasteiger partial charge is 0.479 e. The molecule has 1 rings (SSSR count). The van der Waals surface area contributed by atoms with Gasteiger partial charge in [-0.05, 0) is 19.1 Å². The number of hydrogen-bond acceptors (Lipinski definition) is 4. The zero-order chi connectivity index (χ0) is 12.9. The van der Waals surface area contributed by atoms with Crippen molar-refractivity contribution in [2.24, 2.45) is 0 Å². The molecule has 0 radical (unpaired) electrons. The van der Waals surface area contributed by atoms with Crippen LogP contribution in [0.1, 0.15) is 13.3 Å². The van der Waals surface area contributed by atoms with Crippen LogP contribution in [-0.2, 0) is 4.79 Å². The van der Waals surface area contributed by atoms with E-state index in [0.29, 0.717) is 13.1 Å². The highest BCUT2D eigenvalue weighted by Gasteiger charge is 2.31. The number of carboxylic acids is 1. The van der Waals surface area contributed by atoms with Gasteiger partial charge in [0.1, 0.15) is 0 Å². The fourth-order valence-corrected chi connectivity index (χ4v) is 2.27. The summed E-state index contributed by atoms with van der Waals surface area (Å²) in [6.45, 7) is 2.21. The van der Waals surface area contributed by atoms with E-state index in [2.05, 4.69) is 5.32 Å². The monoisotopic (exact) mass is 262 g/mol. The lowest BCUT2D eigenvalue weighted by Gasteiger charge is -2.23. The van der Waals surface area contributed by atoms with Crippen LogP contribution in [0.2, 0.25) is 0 Å². The highest BCUT2D eigenvalue weighted by Crippen LogP contribution is 2.10. The molecule has 0 bridgehead atoms. The molecule has 0 aromatic rings. The lowest BCUT2D eigenvalue weighted by molar-refractivity contribution is -0.155. The molecule has 2 amide bonds. The van der Waals surface area contributed by atoms with Crippen molar-refractivity contribution in [3.05, 3.63) is 0 Å². The number of carbonyl (C=O) groups excluding carboxylic acids is 1. The molecule has 1 heterocycles. The first-order valence-electron chi connectivity index (χ1n) is 5.50. The fraction of sp³-hybridized carbons (Fsp3) is 0.800. The number of amides is 2. The molecule has 3 N–H and O–H groups in total. The van der Waals surface area contributed by atoms with E-state index in [1.165, 1.54) is 0 Å². The van der Waals surface area contributed by atoms with Crippen molar-refractivity contribution in [1.82, 2.24) is 10.2 Å². The first kappa shape index (κ1) is 14.1. The number of thioether (sulfide) groups is 1. The third-order valence-corrected chi connectivity index (χ3v) is 3.60. The summed E-state index contributed by atoms with van der Waals surface area (Å²) in [4.78, 5) is 24.0. The van der Waals surface area contributed by atoms with E-state index in [1.54, 1.807) is 16.7 Å². The first-order valence-corrected chi connectivity index (χ1v) is 6.65. The lowest BCUT2D eigenvalue weighted by Crippen LogP contribution is -2.50. The van der Waals surface area contributed by atoms with Crippen molar-refractivity contribution in [3.8, 4) is 0 Å². The molecule has 1 aliphatic heterocycles. The Morgan fingerprint density at radius 3 is 2.76 bits per heavy atom. The number of aliphatic hydroxyl groups is 1. The van der Waals surface area contributed by atoms with Crippen molar-refractivity contribution in [2.45, 2.75) is 18.9 Å². The van der Waals surface area contributed by atoms with Gasteiger partial charge < -0.3 is 20.4 Å². The van der Waals surface area contributed by atoms with Crippen LogP contribution in [-0.4, -0.2) is 63.9 Å². The van der Waals surface area contributed by atoms with Gasteiger partial charge in [0.05, 0.1) is 6.54 Å². The number of hydrogen-bond donors (Lipinski definition) is 3. The summed E-state index contributed by atoms with van der Waals surface area (Å²) in [5, 5.41) is 20.6. The van der Waals surface area contributed by atoms with E-state index in [-0.39, 0.29) is 12.6 Å². The molecule has 1 aliphatic rings. The molecule has 0 spiro atoms. The second-order valence-electron chi connectivity index (χ2n) is 4.19. The Hall–Kier alpha value is -0.950. The van der Waals surface area contributed by atoms with Gasteiger partial charge in [-0.15, -0.1) is 0 Å². The molecule has 1 fully saturated rings. The predicted octanol–water partition coefficient (Wildman–Crippen LogP) is -0.0295. The highest BCUT2D eigenvalue weighted by molar-refractivity contribution is 7.99. The average molecular weight is 262 g/mol. The summed E-state index contributed by atoms with van der Waals surface area (Å²) in [5.74, 6) is 0.587. The first-order chi connectivity index (χ1) is 7.93. The molecular weight excluding hydrogens is 244 g/mol. The normalized spacial score (nSPS) is 20.2. The molecule has 1 saturated heterocycles. The Labute approximate surface area is 104 Å². The molecular formula is C10H18N2O4S. The third-order valence-electron chi connectivity index (χ3n) is 2.55. The molecule has 98 valence electrons. The number of aliphatic carboxylic acids is 1. The van der Waals surface area contributed by atoms with Gasteiger partial charge in [0.25, 0.3) is 0 Å². The minimum Gasteiger partial charge on any atom is -0.479 e. The smallest absolute Gasteiger partial charge is 0.337 e. The summed E-state index contributed by atoms with van der Waals surface area (Å²) in [6, 6.07) is -0.311. The molecule has 6 nitrogen and oxygen atoms in total. The van der Waals surface area contributed by atoms with E-state index >= 15 is 0 Å². The Morgan fingerprint density at radius 2 is 2.12 bits per heavy atom. The van der Waals surface area contributed by atoms with E-state index in [0.717, 1.165) is 24.9 Å². The summed E-state index contributed by atoms with van der Waals surface area (Å²) in [6.07, 6.45) is 0.938. The van der Waals surface area contributed by atoms with Crippen molar-refractivity contribution in [3.63, 3.8) is 0 Å². The standard InChI is InChI=1S/C10H18N2O4S/c1-10(16,8(13)14)7-11-9(15)12-3-2-5-17-6-4-12/h16H,2-7H2,1H3,(H,11,15)(H,13,14). The van der Waals surface area contributed by atoms with Crippen molar-refractivity contribution >= 4 is 23.8 Å². The fourth-order valence-electron chi connectivity index (χ4n) is 1.38. The third kappa shape index (κ3) is 4.43. The Kier molecular flexibility index (Phi) is 5.07. The van der Waals surface area contributed by atoms with Gasteiger partial charge in [0.15, 0.2) is 5.60 Å². The SMILES string of the molecule is CC(O)(CNC(=O)N1CCCSCC1)C(=O)O. The minimum absolute atomic E-state index is 0.287. The second kappa shape index (κ2) is 6.11. The number of carboxylic acid groups (broad SMARTS) is 1. The van der Waals surface area contributed by atoms with Gasteiger partial charge in [-0.25, -0.2) is 9.59 Å². The molecule has 0 aromatic carbocycles. The molecule has 1 unspecified atom stereocenters. The number of urea groups is 1. The topological polar surface area (TPSA) is 89.9 Å². The van der Waals surface area contributed by atoms with Crippen LogP contribution in [0.5, 0.6) is 0 Å². The summed E-state index contributed by atoms with van der Waals surface area (Å²) in [7, 11) is 0. The van der Waals surface area contributed by atoms with Crippen LogP contribution >= 0.6 is 11.8 Å². The van der Waals surface area contributed by atoms with Gasteiger partial charge in [0.2, 0.25) is 0 Å². The Morgan fingerprint density at radius 1 is 1.41 bits per heavy atom. The minimum atomic E-state index is -1.92. The molecule has 0 saturated carbocycles. The Balaban J connectivity index is 2.40. The maximum atomic E-state index is 11.7. The van der Waals surface area contributed by atoms with Crippen LogP contribution < -0.4 is 5.32 Å². The van der Waals surface area contributed by atoms with Gasteiger partial charge in [0, 0.05) is 18.8 Å². The van der Waals surface area contributed by atoms with E-state index in [9.17, 15) is 14.7 Å². The molecule has 7 heteroatoms. The summed E-state index contributed by atoms with van der Waals surface area (Å²) in [5.41, 5.74) is -1.92. The van der Waals surface area contributed by atoms with E-state index < -0.39 is 11.6 Å². The summed E-state index contributed by atoms with van der Waals surface area (Å²) < 4.78 is 0. The molecule has 1 atom stereocenters. The maximum absolute atomic E-state index is 11.7. The number of rotatable bonds is 3. The van der Waals surface area contributed by atoms with Crippen molar-refractivity contribution in [2.75, 3.05) is 31.1 Å². The Bertz CT molecular complexity index is 288. The van der Waals surface area contributed by atoms with Crippen LogP contribution in [0.4, 0.5) is 4.79 Å². The lowest BCUT2D eigenvalue weighted by atomic mass is 10.1.